The van der Waals surface area contributed by atoms with Crippen LogP contribution >= 0.6 is 0 Å². The first-order valence-electron chi connectivity index (χ1n) is 12.4. The van der Waals surface area contributed by atoms with E-state index in [0.29, 0.717) is 6.04 Å². The highest BCUT2D eigenvalue weighted by Gasteiger charge is 2.35. The lowest BCUT2D eigenvalue weighted by Crippen LogP contribution is -3.17. The van der Waals surface area contributed by atoms with Crippen LogP contribution in [0.15, 0.2) is 24.0 Å². The van der Waals surface area contributed by atoms with Crippen LogP contribution in [0.3, 0.4) is 0 Å². The van der Waals surface area contributed by atoms with Crippen molar-refractivity contribution in [2.24, 2.45) is 11.8 Å². The molecule has 31 heavy (non-hydrogen) atoms. The molecule has 3 unspecified atom stereocenters. The molecule has 4 rings (SSSR count). The molecule has 0 aromatic heterocycles. The number of allylic oxidation sites excluding steroid dienone is 3. The SMILES string of the molecule is CN(CC[NH+](CCN(C)N1CCCC1)C1C=CC(C2C(=O)C=C2[O-])CC1)N1CCCC1. The van der Waals surface area contributed by atoms with E-state index in [1.165, 1.54) is 57.9 Å². The lowest BCUT2D eigenvalue weighted by atomic mass is 9.74. The maximum atomic E-state index is 11.8. The molecular formula is C24H41N5O2. The second-order valence-corrected chi connectivity index (χ2v) is 9.90. The fourth-order valence-electron chi connectivity index (χ4n) is 5.72. The minimum Gasteiger partial charge on any atom is -0.875 e. The third-order valence-electron chi connectivity index (χ3n) is 7.90. The highest BCUT2D eigenvalue weighted by molar-refractivity contribution is 6.00. The Bertz CT molecular complexity index is 643. The van der Waals surface area contributed by atoms with Crippen molar-refractivity contribution in [3.05, 3.63) is 24.0 Å². The zero-order valence-corrected chi connectivity index (χ0v) is 19.5. The first-order chi connectivity index (χ1) is 15.0. The monoisotopic (exact) mass is 431 g/mol. The zero-order chi connectivity index (χ0) is 21.8. The number of hydrogen-bond acceptors (Lipinski definition) is 6. The Kier molecular flexibility index (Phi) is 7.82. The average molecular weight is 432 g/mol. The van der Waals surface area contributed by atoms with Gasteiger partial charge in [0.2, 0.25) is 0 Å². The van der Waals surface area contributed by atoms with Gasteiger partial charge in [-0.15, -0.1) is 5.76 Å². The van der Waals surface area contributed by atoms with E-state index in [2.05, 4.69) is 46.3 Å². The molecule has 2 heterocycles. The maximum Gasteiger partial charge on any atom is 0.161 e. The number of ketones is 1. The van der Waals surface area contributed by atoms with Gasteiger partial charge in [0, 0.05) is 52.6 Å². The molecule has 0 spiro atoms. The van der Waals surface area contributed by atoms with Crippen LogP contribution in [-0.4, -0.2) is 98.3 Å². The number of hydrogen-bond donors (Lipinski definition) is 1. The van der Waals surface area contributed by atoms with Gasteiger partial charge < -0.3 is 10.0 Å². The summed E-state index contributed by atoms with van der Waals surface area (Å²) in [6.45, 7) is 9.15. The fraction of sp³-hybridized carbons (Fsp3) is 0.792. The van der Waals surface area contributed by atoms with Gasteiger partial charge in [-0.1, -0.05) is 6.08 Å². The Balaban J connectivity index is 1.34. The van der Waals surface area contributed by atoms with E-state index >= 15 is 0 Å². The van der Waals surface area contributed by atoms with Crippen LogP contribution in [0.4, 0.5) is 0 Å². The van der Waals surface area contributed by atoms with Crippen molar-refractivity contribution in [1.29, 1.82) is 0 Å². The summed E-state index contributed by atoms with van der Waals surface area (Å²) in [6, 6.07) is 0.476. The minimum atomic E-state index is -0.386. The molecule has 2 saturated heterocycles. The van der Waals surface area contributed by atoms with Crippen LogP contribution in [0, 0.1) is 11.8 Å². The summed E-state index contributed by atoms with van der Waals surface area (Å²) in [6.07, 6.45) is 13.0. The largest absolute Gasteiger partial charge is 0.875 e. The van der Waals surface area contributed by atoms with Crippen molar-refractivity contribution >= 4 is 5.78 Å². The van der Waals surface area contributed by atoms with E-state index in [0.717, 1.165) is 39.0 Å². The number of quaternary nitrogens is 1. The van der Waals surface area contributed by atoms with E-state index in [1.807, 2.05) is 0 Å². The molecule has 0 radical (unpaired) electrons. The molecule has 7 heteroatoms. The molecule has 4 aliphatic rings. The standard InChI is InChI=1S/C24H41N5O2/c1-25(28-11-3-4-12-28)15-17-27(18-16-26(2)29-13-5-6-14-29)21-9-7-20(8-10-21)24-22(30)19-23(24)31/h7,9,19-21,24,30H,3-6,8,10-18H2,1-2H3. The molecule has 3 atom stereocenters. The third kappa shape index (κ3) is 5.57. The van der Waals surface area contributed by atoms with Crippen molar-refractivity contribution in [1.82, 2.24) is 20.0 Å². The molecule has 1 N–H and O–H groups in total. The second kappa shape index (κ2) is 10.6. The smallest absolute Gasteiger partial charge is 0.161 e. The van der Waals surface area contributed by atoms with Gasteiger partial charge in [-0.05, 0) is 50.2 Å². The minimum absolute atomic E-state index is 0.0294. The van der Waals surface area contributed by atoms with Gasteiger partial charge >= 0.3 is 0 Å². The molecule has 2 aliphatic carbocycles. The van der Waals surface area contributed by atoms with Crippen molar-refractivity contribution in [3.8, 4) is 0 Å². The average Bonchev–Trinajstić information content (AvgIpc) is 3.48. The Labute approximate surface area is 187 Å². The molecular weight excluding hydrogens is 390 g/mol. The Morgan fingerprint density at radius 1 is 0.935 bits per heavy atom. The quantitative estimate of drug-likeness (QED) is 0.472. The van der Waals surface area contributed by atoms with Gasteiger partial charge in [0.1, 0.15) is 6.04 Å². The second-order valence-electron chi connectivity index (χ2n) is 9.90. The van der Waals surface area contributed by atoms with E-state index in [1.54, 1.807) is 4.90 Å². The van der Waals surface area contributed by atoms with Crippen LogP contribution in [0.1, 0.15) is 38.5 Å². The summed E-state index contributed by atoms with van der Waals surface area (Å²) >= 11 is 0. The number of hydrazine groups is 2. The number of nitrogens with one attached hydrogen (secondary N) is 1. The van der Waals surface area contributed by atoms with Gasteiger partial charge in [0.25, 0.3) is 0 Å². The molecule has 174 valence electrons. The van der Waals surface area contributed by atoms with Crippen LogP contribution in [0.2, 0.25) is 0 Å². The van der Waals surface area contributed by atoms with Crippen molar-refractivity contribution in [3.63, 3.8) is 0 Å². The lowest BCUT2D eigenvalue weighted by molar-refractivity contribution is -0.918. The van der Waals surface area contributed by atoms with E-state index in [-0.39, 0.29) is 23.4 Å². The summed E-state index contributed by atoms with van der Waals surface area (Å²) in [5.74, 6) is -0.214. The number of carbonyl (C=O) groups excluding carboxylic acids is 1. The Morgan fingerprint density at radius 2 is 1.48 bits per heavy atom. The number of rotatable bonds is 10. The Morgan fingerprint density at radius 3 is 1.90 bits per heavy atom. The number of carbonyl (C=O) groups is 1. The van der Waals surface area contributed by atoms with E-state index < -0.39 is 0 Å². The number of nitrogens with zero attached hydrogens (tertiary/aromatic N) is 4. The summed E-state index contributed by atoms with van der Waals surface area (Å²) < 4.78 is 0. The van der Waals surface area contributed by atoms with Crippen LogP contribution in [0.25, 0.3) is 0 Å². The van der Waals surface area contributed by atoms with Crippen LogP contribution in [0.5, 0.6) is 0 Å². The molecule has 0 aromatic rings. The van der Waals surface area contributed by atoms with Gasteiger partial charge in [-0.3, -0.25) is 4.79 Å². The predicted octanol–water partition coefficient (Wildman–Crippen LogP) is -0.466. The summed E-state index contributed by atoms with van der Waals surface area (Å²) in [5, 5.41) is 21.7. The Hall–Kier alpha value is -1.25. The maximum absolute atomic E-state index is 11.8. The summed E-state index contributed by atoms with van der Waals surface area (Å²) in [5.41, 5.74) is 0. The topological polar surface area (TPSA) is 57.5 Å². The van der Waals surface area contributed by atoms with Crippen molar-refractivity contribution in [2.75, 3.05) is 66.5 Å². The molecule has 0 bridgehead atoms. The van der Waals surface area contributed by atoms with Crippen LogP contribution in [-0.2, 0) is 4.79 Å². The van der Waals surface area contributed by atoms with Crippen LogP contribution < -0.4 is 10.0 Å². The highest BCUT2D eigenvalue weighted by Crippen LogP contribution is 2.33. The molecule has 0 saturated carbocycles. The normalized spacial score (nSPS) is 30.0. The highest BCUT2D eigenvalue weighted by atomic mass is 16.3. The van der Waals surface area contributed by atoms with Gasteiger partial charge in [-0.25, -0.2) is 20.0 Å². The van der Waals surface area contributed by atoms with E-state index in [9.17, 15) is 9.90 Å². The number of likely N-dealkylation sites (N-methyl/N-ethyl adjacent to an activating group) is 2. The molecule has 0 amide bonds. The third-order valence-corrected chi connectivity index (χ3v) is 7.90. The first-order valence-corrected chi connectivity index (χ1v) is 12.4. The van der Waals surface area contributed by atoms with Gasteiger partial charge in [0.05, 0.1) is 26.2 Å². The molecule has 2 aliphatic heterocycles. The zero-order valence-electron chi connectivity index (χ0n) is 19.5. The molecule has 2 fully saturated rings. The molecule has 0 aromatic carbocycles. The van der Waals surface area contributed by atoms with Crippen molar-refractivity contribution < 1.29 is 14.8 Å². The van der Waals surface area contributed by atoms with Crippen molar-refractivity contribution in [2.45, 2.75) is 44.6 Å². The summed E-state index contributed by atoms with van der Waals surface area (Å²) in [7, 11) is 4.46. The van der Waals surface area contributed by atoms with E-state index in [4.69, 9.17) is 0 Å². The first kappa shape index (κ1) is 22.9. The van der Waals surface area contributed by atoms with Gasteiger partial charge in [-0.2, -0.15) is 0 Å². The lowest BCUT2D eigenvalue weighted by Gasteiger charge is -2.39. The predicted molar refractivity (Wildman–Crippen MR) is 120 cm³/mol. The van der Waals surface area contributed by atoms with Gasteiger partial charge in [0.15, 0.2) is 5.78 Å². The summed E-state index contributed by atoms with van der Waals surface area (Å²) in [4.78, 5) is 13.5. The fourth-order valence-corrected chi connectivity index (χ4v) is 5.72. The molecule has 7 nitrogen and oxygen atoms in total.